The number of rotatable bonds is 8. The highest BCUT2D eigenvalue weighted by Gasteiger charge is 2.29. The second-order valence-corrected chi connectivity index (χ2v) is 9.21. The van der Waals surface area contributed by atoms with E-state index in [4.69, 9.17) is 4.74 Å². The Balaban J connectivity index is 1.63. The Morgan fingerprint density at radius 1 is 1.18 bits per heavy atom. The van der Waals surface area contributed by atoms with E-state index in [9.17, 15) is 14.4 Å². The molecule has 0 bridgehead atoms. The van der Waals surface area contributed by atoms with E-state index in [2.05, 4.69) is 17.1 Å². The summed E-state index contributed by atoms with van der Waals surface area (Å²) in [4.78, 5) is 42.2. The number of pyridine rings is 1. The lowest BCUT2D eigenvalue weighted by Gasteiger charge is -2.35. The molecule has 4 rings (SSSR count). The van der Waals surface area contributed by atoms with Crippen molar-refractivity contribution in [3.8, 4) is 0 Å². The number of fused-ring (bicyclic) bond motifs is 1. The van der Waals surface area contributed by atoms with Gasteiger partial charge in [0.2, 0.25) is 5.43 Å². The zero-order valence-corrected chi connectivity index (χ0v) is 20.1. The minimum Gasteiger partial charge on any atom is -0.452 e. The topological polar surface area (TPSA) is 83.9 Å². The third-order valence-corrected chi connectivity index (χ3v) is 6.78. The summed E-state index contributed by atoms with van der Waals surface area (Å²) in [6.45, 7) is 9.54. The third kappa shape index (κ3) is 5.09. The average Bonchev–Trinajstić information content (AvgIpc) is 3.68. The monoisotopic (exact) mass is 472 g/mol. The number of carbonyl (C=O) groups is 2. The maximum atomic E-state index is 15.2. The molecule has 2 aliphatic rings. The molecule has 1 amide bonds. The highest BCUT2D eigenvalue weighted by atomic mass is 19.1. The Kier molecular flexibility index (Phi) is 7.21. The molecule has 0 unspecified atom stereocenters. The smallest absolute Gasteiger partial charge is 0.344 e. The maximum absolute atomic E-state index is 15.2. The largest absolute Gasteiger partial charge is 0.452 e. The molecule has 1 N–H and O–H groups in total. The number of nitrogens with one attached hydrogen (secondary N) is 1. The van der Waals surface area contributed by atoms with Gasteiger partial charge in [-0.05, 0) is 44.9 Å². The lowest BCUT2D eigenvalue weighted by molar-refractivity contribution is -0.124. The van der Waals surface area contributed by atoms with Gasteiger partial charge in [0.1, 0.15) is 11.4 Å². The van der Waals surface area contributed by atoms with Crippen LogP contribution in [0.15, 0.2) is 23.1 Å². The van der Waals surface area contributed by atoms with Crippen molar-refractivity contribution in [3.05, 3.63) is 39.9 Å². The van der Waals surface area contributed by atoms with Gasteiger partial charge in [-0.3, -0.25) is 9.59 Å². The molecule has 1 saturated heterocycles. The lowest BCUT2D eigenvalue weighted by atomic mass is 10.1. The predicted molar refractivity (Wildman–Crippen MR) is 129 cm³/mol. The number of piperazine rings is 1. The summed E-state index contributed by atoms with van der Waals surface area (Å²) >= 11 is 0. The molecule has 1 aliphatic carbocycles. The molecule has 0 radical (unpaired) electrons. The van der Waals surface area contributed by atoms with Crippen LogP contribution in [0, 0.1) is 5.82 Å². The van der Waals surface area contributed by atoms with Crippen LogP contribution >= 0.6 is 0 Å². The molecule has 2 fully saturated rings. The van der Waals surface area contributed by atoms with Crippen LogP contribution in [0.4, 0.5) is 10.1 Å². The van der Waals surface area contributed by atoms with E-state index in [1.807, 2.05) is 23.3 Å². The Labute approximate surface area is 198 Å². The average molecular weight is 473 g/mol. The fourth-order valence-corrected chi connectivity index (χ4v) is 4.33. The fourth-order valence-electron chi connectivity index (χ4n) is 4.33. The van der Waals surface area contributed by atoms with Crippen LogP contribution in [-0.2, 0) is 9.53 Å². The van der Waals surface area contributed by atoms with E-state index in [1.165, 1.54) is 12.3 Å². The van der Waals surface area contributed by atoms with Gasteiger partial charge in [0, 0.05) is 49.8 Å². The first-order valence-electron chi connectivity index (χ1n) is 12.1. The maximum Gasteiger partial charge on any atom is 0.344 e. The Hall–Kier alpha value is -2.94. The van der Waals surface area contributed by atoms with Crippen molar-refractivity contribution in [2.24, 2.45) is 0 Å². The van der Waals surface area contributed by atoms with Gasteiger partial charge in [0.25, 0.3) is 5.91 Å². The number of carbonyl (C=O) groups excluding carboxylic acids is 2. The van der Waals surface area contributed by atoms with Gasteiger partial charge in [-0.1, -0.05) is 13.8 Å². The van der Waals surface area contributed by atoms with Crippen LogP contribution in [0.5, 0.6) is 0 Å². The zero-order valence-electron chi connectivity index (χ0n) is 20.1. The summed E-state index contributed by atoms with van der Waals surface area (Å²) in [6, 6.07) is 3.09. The predicted octanol–water partition coefficient (Wildman–Crippen LogP) is 2.69. The number of aromatic nitrogens is 1. The number of halogens is 1. The minimum absolute atomic E-state index is 0.0407. The molecule has 1 aromatic carbocycles. The van der Waals surface area contributed by atoms with Gasteiger partial charge in [-0.2, -0.15) is 0 Å². The SMILES string of the molecule is CC[C@H](C)NC(=O)COC(=O)c1cn(C2CC2)c2cc(N3CCN(CC)CC3)c(F)cc2c1=O. The van der Waals surface area contributed by atoms with Crippen LogP contribution in [0.3, 0.4) is 0 Å². The molecule has 1 aromatic heterocycles. The van der Waals surface area contributed by atoms with E-state index in [1.54, 1.807) is 6.07 Å². The first kappa shape index (κ1) is 24.2. The standard InChI is InChI=1S/C25H33FN4O4/c1-4-16(3)27-23(31)15-34-25(33)19-14-30(17-6-7-17)21-13-22(20(26)12-18(21)24(19)32)29-10-8-28(5-2)9-11-29/h12-14,16-17H,4-11,15H2,1-3H3,(H,27,31)/t16-/m0/s1. The molecule has 34 heavy (non-hydrogen) atoms. The summed E-state index contributed by atoms with van der Waals surface area (Å²) in [5, 5.41) is 2.87. The van der Waals surface area contributed by atoms with Crippen molar-refractivity contribution in [3.63, 3.8) is 0 Å². The van der Waals surface area contributed by atoms with E-state index < -0.39 is 29.7 Å². The highest BCUT2D eigenvalue weighted by molar-refractivity contribution is 5.95. The molecule has 9 heteroatoms. The molecule has 1 aliphatic heterocycles. The third-order valence-electron chi connectivity index (χ3n) is 6.78. The first-order valence-corrected chi connectivity index (χ1v) is 12.1. The number of benzene rings is 1. The van der Waals surface area contributed by atoms with Gasteiger partial charge >= 0.3 is 5.97 Å². The van der Waals surface area contributed by atoms with E-state index in [0.717, 1.165) is 38.9 Å². The van der Waals surface area contributed by atoms with E-state index >= 15 is 4.39 Å². The van der Waals surface area contributed by atoms with Gasteiger partial charge in [-0.15, -0.1) is 0 Å². The quantitative estimate of drug-likeness (QED) is 0.595. The second kappa shape index (κ2) is 10.1. The van der Waals surface area contributed by atoms with Gasteiger partial charge < -0.3 is 24.4 Å². The molecule has 0 spiro atoms. The molecule has 8 nitrogen and oxygen atoms in total. The van der Waals surface area contributed by atoms with E-state index in [-0.39, 0.29) is 23.0 Å². The summed E-state index contributed by atoms with van der Waals surface area (Å²) in [5.74, 6) is -1.78. The van der Waals surface area contributed by atoms with Crippen LogP contribution in [0.25, 0.3) is 10.9 Å². The molecule has 184 valence electrons. The molecule has 1 saturated carbocycles. The van der Waals surface area contributed by atoms with Crippen molar-refractivity contribution in [2.75, 3.05) is 44.2 Å². The van der Waals surface area contributed by atoms with Crippen LogP contribution < -0.4 is 15.6 Å². The number of nitrogens with zero attached hydrogens (tertiary/aromatic N) is 3. The number of hydrogen-bond donors (Lipinski definition) is 1. The van der Waals surface area contributed by atoms with E-state index in [0.29, 0.717) is 24.3 Å². The first-order chi connectivity index (χ1) is 16.3. The molecular formula is C25H33FN4O4. The van der Waals surface area contributed by atoms with Crippen molar-refractivity contribution in [2.45, 2.75) is 52.1 Å². The Morgan fingerprint density at radius 2 is 1.88 bits per heavy atom. The number of ether oxygens (including phenoxy) is 1. The van der Waals surface area contributed by atoms with Crippen LogP contribution in [0.2, 0.25) is 0 Å². The van der Waals surface area contributed by atoms with Crippen molar-refractivity contribution in [1.82, 2.24) is 14.8 Å². The van der Waals surface area contributed by atoms with Crippen molar-refractivity contribution in [1.29, 1.82) is 0 Å². The summed E-state index contributed by atoms with van der Waals surface area (Å²) < 4.78 is 22.2. The number of anilines is 1. The van der Waals surface area contributed by atoms with Gasteiger partial charge in [0.15, 0.2) is 6.61 Å². The Morgan fingerprint density at radius 3 is 2.50 bits per heavy atom. The zero-order chi connectivity index (χ0) is 24.4. The molecule has 2 heterocycles. The van der Waals surface area contributed by atoms with Gasteiger partial charge in [-0.25, -0.2) is 9.18 Å². The lowest BCUT2D eigenvalue weighted by Crippen LogP contribution is -2.46. The van der Waals surface area contributed by atoms with Crippen LogP contribution in [-0.4, -0.2) is 66.7 Å². The van der Waals surface area contributed by atoms with Crippen molar-refractivity contribution < 1.29 is 18.7 Å². The number of hydrogen-bond acceptors (Lipinski definition) is 6. The molecular weight excluding hydrogens is 439 g/mol. The summed E-state index contributed by atoms with van der Waals surface area (Å²) in [6.07, 6.45) is 4.10. The highest BCUT2D eigenvalue weighted by Crippen LogP contribution is 2.38. The number of amides is 1. The number of esters is 1. The molecule has 1 atom stereocenters. The van der Waals surface area contributed by atoms with Crippen LogP contribution in [0.1, 0.15) is 56.4 Å². The normalized spacial score (nSPS) is 17.6. The summed E-state index contributed by atoms with van der Waals surface area (Å²) in [7, 11) is 0. The van der Waals surface area contributed by atoms with Crippen molar-refractivity contribution >= 4 is 28.5 Å². The molecule has 2 aromatic rings. The fraction of sp³-hybridized carbons (Fsp3) is 0.560. The number of likely N-dealkylation sites (N-methyl/N-ethyl adjacent to an activating group) is 1. The summed E-state index contributed by atoms with van der Waals surface area (Å²) in [5.41, 5.74) is 0.335. The minimum atomic E-state index is -0.874. The second-order valence-electron chi connectivity index (χ2n) is 9.21. The van der Waals surface area contributed by atoms with Gasteiger partial charge in [0.05, 0.1) is 11.2 Å². The Bertz CT molecular complexity index is 1140.